The third kappa shape index (κ3) is 4.66. The van der Waals surface area contributed by atoms with E-state index in [1.807, 2.05) is 26.8 Å². The Morgan fingerprint density at radius 1 is 1.29 bits per heavy atom. The van der Waals surface area contributed by atoms with E-state index < -0.39 is 6.09 Å². The van der Waals surface area contributed by atoms with E-state index in [1.165, 1.54) is 14.0 Å². The highest BCUT2D eigenvalue weighted by Gasteiger charge is 2.20. The summed E-state index contributed by atoms with van der Waals surface area (Å²) < 4.78 is 5.30. The van der Waals surface area contributed by atoms with E-state index in [9.17, 15) is 9.59 Å². The molecule has 0 bridgehead atoms. The first-order chi connectivity index (χ1) is 9.65. The molecule has 21 heavy (non-hydrogen) atoms. The topological polar surface area (TPSA) is 87.7 Å². The lowest BCUT2D eigenvalue weighted by atomic mass is 9.85. The van der Waals surface area contributed by atoms with Gasteiger partial charge >= 0.3 is 6.09 Å². The van der Waals surface area contributed by atoms with Gasteiger partial charge in [-0.2, -0.15) is 0 Å². The first kappa shape index (κ1) is 16.8. The molecule has 1 aromatic rings. The largest absolute Gasteiger partial charge is 0.494 e. The van der Waals surface area contributed by atoms with Gasteiger partial charge < -0.3 is 15.2 Å². The number of methoxy groups -OCH3 is 1. The zero-order valence-corrected chi connectivity index (χ0v) is 13.0. The molecule has 116 valence electrons. The molecule has 0 unspecified atom stereocenters. The van der Waals surface area contributed by atoms with Crippen molar-refractivity contribution in [3.8, 4) is 5.75 Å². The van der Waals surface area contributed by atoms with Crippen molar-refractivity contribution in [2.45, 2.75) is 39.7 Å². The number of rotatable bonds is 4. The summed E-state index contributed by atoms with van der Waals surface area (Å²) in [6, 6.07) is 3.67. The van der Waals surface area contributed by atoms with Gasteiger partial charge in [-0.3, -0.25) is 10.1 Å². The number of carboxylic acid groups (broad SMARTS) is 1. The molecule has 0 aromatic heterocycles. The number of nitrogens with one attached hydrogen (secondary N) is 2. The van der Waals surface area contributed by atoms with Crippen LogP contribution in [0.4, 0.5) is 10.5 Å². The van der Waals surface area contributed by atoms with Crippen LogP contribution in [0.15, 0.2) is 12.1 Å². The molecule has 3 N–H and O–H groups in total. The minimum atomic E-state index is -1.16. The molecule has 6 heteroatoms. The van der Waals surface area contributed by atoms with Crippen molar-refractivity contribution < 1.29 is 19.4 Å². The lowest BCUT2D eigenvalue weighted by Gasteiger charge is -2.23. The highest BCUT2D eigenvalue weighted by molar-refractivity contribution is 5.86. The summed E-state index contributed by atoms with van der Waals surface area (Å²) in [5.41, 5.74) is 1.89. The summed E-state index contributed by atoms with van der Waals surface area (Å²) in [7, 11) is 1.47. The lowest BCUT2D eigenvalue weighted by molar-refractivity contribution is -0.119. The Hall–Kier alpha value is -2.24. The first-order valence-corrected chi connectivity index (χ1v) is 6.61. The van der Waals surface area contributed by atoms with Crippen LogP contribution < -0.4 is 15.4 Å². The predicted molar refractivity (Wildman–Crippen MR) is 80.9 cm³/mol. The van der Waals surface area contributed by atoms with Crippen molar-refractivity contribution in [1.29, 1.82) is 0 Å². The molecule has 0 fully saturated rings. The van der Waals surface area contributed by atoms with Crippen molar-refractivity contribution in [2.24, 2.45) is 0 Å². The molecule has 0 aliphatic carbocycles. The fraction of sp³-hybridized carbons (Fsp3) is 0.467. The molecule has 0 saturated heterocycles. The van der Waals surface area contributed by atoms with Crippen LogP contribution in [0.3, 0.4) is 0 Å². The van der Waals surface area contributed by atoms with Crippen LogP contribution >= 0.6 is 0 Å². The molecule has 0 saturated carbocycles. The van der Waals surface area contributed by atoms with Crippen molar-refractivity contribution >= 4 is 17.7 Å². The lowest BCUT2D eigenvalue weighted by Crippen LogP contribution is -2.21. The second-order valence-electron chi connectivity index (χ2n) is 5.81. The number of ether oxygens (including phenoxy) is 1. The number of hydrogen-bond donors (Lipinski definition) is 3. The summed E-state index contributed by atoms with van der Waals surface area (Å²) in [5.74, 6) is 0.255. The van der Waals surface area contributed by atoms with Crippen LogP contribution in [-0.2, 0) is 16.8 Å². The van der Waals surface area contributed by atoms with Crippen LogP contribution in [0, 0.1) is 0 Å². The number of amides is 2. The smallest absolute Gasteiger partial charge is 0.409 e. The minimum absolute atomic E-state index is 0.161. The van der Waals surface area contributed by atoms with E-state index in [4.69, 9.17) is 9.84 Å². The predicted octanol–water partition coefficient (Wildman–Crippen LogP) is 2.72. The molecule has 0 heterocycles. The number of carbonyl (C=O) groups excluding carboxylic acids is 1. The van der Waals surface area contributed by atoms with Gasteiger partial charge in [0.25, 0.3) is 0 Å². The van der Waals surface area contributed by atoms with Crippen LogP contribution in [0.5, 0.6) is 5.75 Å². The summed E-state index contributed by atoms with van der Waals surface area (Å²) in [4.78, 5) is 22.0. The Morgan fingerprint density at radius 2 is 1.90 bits per heavy atom. The van der Waals surface area contributed by atoms with Gasteiger partial charge in [0, 0.05) is 19.0 Å². The number of benzene rings is 1. The first-order valence-electron chi connectivity index (χ1n) is 6.61. The van der Waals surface area contributed by atoms with Crippen LogP contribution in [0.2, 0.25) is 0 Å². The highest BCUT2D eigenvalue weighted by atomic mass is 16.5. The molecule has 2 amide bonds. The molecule has 0 aliphatic rings. The quantitative estimate of drug-likeness (QED) is 0.796. The second-order valence-corrected chi connectivity index (χ2v) is 5.81. The standard InChI is InChI=1S/C15H22N2O4/c1-9(18)16-8-10-6-11(15(2,3)4)7-12(13(10)21-5)17-14(19)20/h6-7,17H,8H2,1-5H3,(H,16,18)(H,19,20). The zero-order valence-electron chi connectivity index (χ0n) is 13.0. The molecule has 0 atom stereocenters. The minimum Gasteiger partial charge on any atom is -0.494 e. The van der Waals surface area contributed by atoms with Gasteiger partial charge in [0.1, 0.15) is 5.75 Å². The van der Waals surface area contributed by atoms with E-state index in [0.717, 1.165) is 11.1 Å². The van der Waals surface area contributed by atoms with E-state index in [1.54, 1.807) is 6.07 Å². The summed E-state index contributed by atoms with van der Waals surface area (Å²) in [5, 5.41) is 14.0. The molecule has 0 aliphatic heterocycles. The van der Waals surface area contributed by atoms with Crippen molar-refractivity contribution in [3.05, 3.63) is 23.3 Å². The highest BCUT2D eigenvalue weighted by Crippen LogP contribution is 2.35. The van der Waals surface area contributed by atoms with E-state index in [2.05, 4.69) is 10.6 Å². The maximum atomic E-state index is 11.1. The van der Waals surface area contributed by atoms with Gasteiger partial charge in [0.2, 0.25) is 5.91 Å². The maximum absolute atomic E-state index is 11.1. The Morgan fingerprint density at radius 3 is 2.33 bits per heavy atom. The average molecular weight is 294 g/mol. The van der Waals surface area contributed by atoms with Crippen LogP contribution in [-0.4, -0.2) is 24.2 Å². The number of carbonyl (C=O) groups is 2. The zero-order chi connectivity index (χ0) is 16.2. The van der Waals surface area contributed by atoms with Gasteiger partial charge in [-0.25, -0.2) is 4.79 Å². The Bertz CT molecular complexity index is 547. The van der Waals surface area contributed by atoms with Crippen molar-refractivity contribution in [1.82, 2.24) is 5.32 Å². The van der Waals surface area contributed by atoms with E-state index >= 15 is 0 Å². The number of anilines is 1. The molecule has 0 radical (unpaired) electrons. The Labute approximate surface area is 124 Å². The molecule has 0 spiro atoms. The Kier molecular flexibility index (Phi) is 5.18. The molecule has 1 rings (SSSR count). The SMILES string of the molecule is COc1c(CNC(C)=O)cc(C(C)(C)C)cc1NC(=O)O. The van der Waals surface area contributed by atoms with Gasteiger partial charge in [-0.15, -0.1) is 0 Å². The molecular formula is C15H22N2O4. The fourth-order valence-electron chi connectivity index (χ4n) is 1.92. The average Bonchev–Trinajstić information content (AvgIpc) is 2.33. The van der Waals surface area contributed by atoms with Crippen LogP contribution in [0.1, 0.15) is 38.8 Å². The van der Waals surface area contributed by atoms with Gasteiger partial charge in [-0.1, -0.05) is 20.8 Å². The van der Waals surface area contributed by atoms with Gasteiger partial charge in [-0.05, 0) is 23.1 Å². The Balaban J connectivity index is 3.36. The summed E-state index contributed by atoms with van der Waals surface area (Å²) >= 11 is 0. The van der Waals surface area contributed by atoms with Gasteiger partial charge in [0.15, 0.2) is 0 Å². The van der Waals surface area contributed by atoms with Crippen molar-refractivity contribution in [3.63, 3.8) is 0 Å². The molecular weight excluding hydrogens is 272 g/mol. The maximum Gasteiger partial charge on any atom is 0.409 e. The molecule has 1 aromatic carbocycles. The molecule has 6 nitrogen and oxygen atoms in total. The normalized spacial score (nSPS) is 10.9. The van der Waals surface area contributed by atoms with Crippen LogP contribution in [0.25, 0.3) is 0 Å². The summed E-state index contributed by atoms with van der Waals surface area (Å²) in [6.45, 7) is 7.79. The van der Waals surface area contributed by atoms with Crippen molar-refractivity contribution in [2.75, 3.05) is 12.4 Å². The second kappa shape index (κ2) is 6.47. The summed E-state index contributed by atoms with van der Waals surface area (Å²) in [6.07, 6.45) is -1.16. The third-order valence-electron chi connectivity index (χ3n) is 3.01. The van der Waals surface area contributed by atoms with Gasteiger partial charge in [0.05, 0.1) is 12.8 Å². The number of hydrogen-bond acceptors (Lipinski definition) is 3. The van der Waals surface area contributed by atoms with E-state index in [-0.39, 0.29) is 17.9 Å². The third-order valence-corrected chi connectivity index (χ3v) is 3.01. The monoisotopic (exact) mass is 294 g/mol. The van der Waals surface area contributed by atoms with E-state index in [0.29, 0.717) is 11.4 Å². The fourth-order valence-corrected chi connectivity index (χ4v) is 1.92.